The first-order valence-electron chi connectivity index (χ1n) is 10.3. The largest absolute Gasteiger partial charge is 0.369 e. The van der Waals surface area contributed by atoms with Crippen molar-refractivity contribution in [3.63, 3.8) is 0 Å². The van der Waals surface area contributed by atoms with E-state index in [0.29, 0.717) is 0 Å². The van der Waals surface area contributed by atoms with Gasteiger partial charge < -0.3 is 4.90 Å². The first-order chi connectivity index (χ1) is 14.1. The summed E-state index contributed by atoms with van der Waals surface area (Å²) in [5.41, 5.74) is 5.71. The molecule has 0 amide bonds. The first kappa shape index (κ1) is 19.6. The monoisotopic (exact) mass is 393 g/mol. The highest BCUT2D eigenvalue weighted by Gasteiger charge is 2.18. The zero-order valence-corrected chi connectivity index (χ0v) is 17.2. The van der Waals surface area contributed by atoms with E-state index in [-0.39, 0.29) is 5.82 Å². The SMILES string of the molecule is Cc1ccc(C)c(N2CCN(CCCn3nncc3-c3cccc(F)c3)CC2)c1. The smallest absolute Gasteiger partial charge is 0.123 e. The maximum absolute atomic E-state index is 13.5. The zero-order chi connectivity index (χ0) is 20.2. The predicted molar refractivity (Wildman–Crippen MR) is 115 cm³/mol. The molecule has 1 aliphatic heterocycles. The van der Waals surface area contributed by atoms with Gasteiger partial charge in [0.2, 0.25) is 0 Å². The van der Waals surface area contributed by atoms with Crippen molar-refractivity contribution in [2.45, 2.75) is 26.8 Å². The number of rotatable bonds is 6. The normalized spacial score (nSPS) is 15.1. The van der Waals surface area contributed by atoms with E-state index in [4.69, 9.17) is 0 Å². The van der Waals surface area contributed by atoms with Crippen molar-refractivity contribution >= 4 is 5.69 Å². The fourth-order valence-corrected chi connectivity index (χ4v) is 4.01. The maximum Gasteiger partial charge on any atom is 0.123 e. The number of aryl methyl sites for hydroxylation is 3. The van der Waals surface area contributed by atoms with Crippen LogP contribution in [-0.4, -0.2) is 52.6 Å². The van der Waals surface area contributed by atoms with Crippen molar-refractivity contribution in [1.29, 1.82) is 0 Å². The Balaban J connectivity index is 1.29. The molecule has 0 spiro atoms. The third kappa shape index (κ3) is 4.65. The van der Waals surface area contributed by atoms with Crippen LogP contribution in [0.4, 0.5) is 10.1 Å². The van der Waals surface area contributed by atoms with Crippen molar-refractivity contribution in [1.82, 2.24) is 19.9 Å². The molecule has 0 aliphatic carbocycles. The van der Waals surface area contributed by atoms with Gasteiger partial charge in [-0.3, -0.25) is 4.90 Å². The Kier molecular flexibility index (Phi) is 5.90. The highest BCUT2D eigenvalue weighted by Crippen LogP contribution is 2.23. The summed E-state index contributed by atoms with van der Waals surface area (Å²) in [6.07, 6.45) is 2.70. The van der Waals surface area contributed by atoms with Crippen molar-refractivity contribution in [2.75, 3.05) is 37.6 Å². The topological polar surface area (TPSA) is 37.2 Å². The number of piperazine rings is 1. The van der Waals surface area contributed by atoms with Crippen LogP contribution in [-0.2, 0) is 6.54 Å². The zero-order valence-electron chi connectivity index (χ0n) is 17.2. The van der Waals surface area contributed by atoms with Crippen LogP contribution in [0.1, 0.15) is 17.5 Å². The fourth-order valence-electron chi connectivity index (χ4n) is 4.01. The third-order valence-electron chi connectivity index (χ3n) is 5.66. The number of hydrogen-bond acceptors (Lipinski definition) is 4. The van der Waals surface area contributed by atoms with Crippen LogP contribution in [0.5, 0.6) is 0 Å². The van der Waals surface area contributed by atoms with Crippen molar-refractivity contribution < 1.29 is 4.39 Å². The molecule has 0 saturated carbocycles. The lowest BCUT2D eigenvalue weighted by atomic mass is 10.1. The minimum Gasteiger partial charge on any atom is -0.369 e. The summed E-state index contributed by atoms with van der Waals surface area (Å²) in [6.45, 7) is 10.4. The lowest BCUT2D eigenvalue weighted by Gasteiger charge is -2.37. The van der Waals surface area contributed by atoms with E-state index in [1.807, 2.05) is 10.7 Å². The molecule has 6 heteroatoms. The second-order valence-electron chi connectivity index (χ2n) is 7.82. The highest BCUT2D eigenvalue weighted by molar-refractivity contribution is 5.58. The molecule has 2 heterocycles. The van der Waals surface area contributed by atoms with Gasteiger partial charge in [-0.25, -0.2) is 9.07 Å². The summed E-state index contributed by atoms with van der Waals surface area (Å²) in [5.74, 6) is -0.239. The van der Waals surface area contributed by atoms with Gasteiger partial charge in [0, 0.05) is 50.5 Å². The van der Waals surface area contributed by atoms with Crippen LogP contribution < -0.4 is 4.90 Å². The molecule has 4 rings (SSSR count). The van der Waals surface area contributed by atoms with Crippen molar-refractivity contribution in [2.24, 2.45) is 0 Å². The molecule has 0 unspecified atom stereocenters. The second kappa shape index (κ2) is 8.74. The molecule has 0 bridgehead atoms. The van der Waals surface area contributed by atoms with Crippen molar-refractivity contribution in [3.05, 3.63) is 65.6 Å². The van der Waals surface area contributed by atoms with E-state index < -0.39 is 0 Å². The Morgan fingerprint density at radius 3 is 2.59 bits per heavy atom. The number of benzene rings is 2. The lowest BCUT2D eigenvalue weighted by molar-refractivity contribution is 0.249. The Bertz CT molecular complexity index is 959. The molecule has 0 atom stereocenters. The van der Waals surface area contributed by atoms with E-state index in [1.165, 1.54) is 28.9 Å². The number of anilines is 1. The van der Waals surface area contributed by atoms with E-state index in [9.17, 15) is 4.39 Å². The Morgan fingerprint density at radius 1 is 0.966 bits per heavy atom. The number of hydrogen-bond donors (Lipinski definition) is 0. The average molecular weight is 394 g/mol. The summed E-state index contributed by atoms with van der Waals surface area (Å²) < 4.78 is 15.4. The van der Waals surface area contributed by atoms with Gasteiger partial charge in [-0.1, -0.05) is 29.5 Å². The van der Waals surface area contributed by atoms with Crippen LogP contribution in [0.2, 0.25) is 0 Å². The molecule has 0 radical (unpaired) electrons. The van der Waals surface area contributed by atoms with Gasteiger partial charge in [-0.2, -0.15) is 0 Å². The van der Waals surface area contributed by atoms with Gasteiger partial charge >= 0.3 is 0 Å². The molecule has 2 aromatic carbocycles. The number of aromatic nitrogens is 3. The standard InChI is InChI=1S/C23H28FN5/c1-18-7-8-19(2)22(15-18)28-13-11-27(12-14-28)9-4-10-29-23(17-25-26-29)20-5-3-6-21(24)16-20/h3,5-8,15-17H,4,9-14H2,1-2H3. The van der Waals surface area contributed by atoms with E-state index >= 15 is 0 Å². The minimum atomic E-state index is -0.239. The van der Waals surface area contributed by atoms with Gasteiger partial charge in [0.1, 0.15) is 5.82 Å². The average Bonchev–Trinajstić information content (AvgIpc) is 3.19. The number of nitrogens with zero attached hydrogens (tertiary/aromatic N) is 5. The third-order valence-corrected chi connectivity index (χ3v) is 5.66. The van der Waals surface area contributed by atoms with Crippen LogP contribution in [0, 0.1) is 19.7 Å². The summed E-state index contributed by atoms with van der Waals surface area (Å²) in [5, 5.41) is 8.21. The second-order valence-corrected chi connectivity index (χ2v) is 7.82. The molecule has 1 aromatic heterocycles. The number of halogens is 1. The van der Waals surface area contributed by atoms with Gasteiger partial charge in [0.15, 0.2) is 0 Å². The Labute approximate surface area is 171 Å². The van der Waals surface area contributed by atoms with Gasteiger partial charge in [-0.05, 0) is 49.6 Å². The molecule has 3 aromatic rings. The Hall–Kier alpha value is -2.73. The molecule has 5 nitrogen and oxygen atoms in total. The van der Waals surface area contributed by atoms with E-state index in [1.54, 1.807) is 12.3 Å². The first-order valence-corrected chi connectivity index (χ1v) is 10.3. The molecule has 1 aliphatic rings. The lowest BCUT2D eigenvalue weighted by Crippen LogP contribution is -2.47. The van der Waals surface area contributed by atoms with Crippen LogP contribution in [0.15, 0.2) is 48.7 Å². The van der Waals surface area contributed by atoms with Gasteiger partial charge in [0.05, 0.1) is 11.9 Å². The van der Waals surface area contributed by atoms with Gasteiger partial charge in [-0.15, -0.1) is 5.10 Å². The molecule has 29 heavy (non-hydrogen) atoms. The van der Waals surface area contributed by atoms with Gasteiger partial charge in [0.25, 0.3) is 0 Å². The van der Waals surface area contributed by atoms with E-state index in [0.717, 1.165) is 56.9 Å². The molecular weight excluding hydrogens is 365 g/mol. The Morgan fingerprint density at radius 2 is 1.79 bits per heavy atom. The van der Waals surface area contributed by atoms with Crippen LogP contribution in [0.3, 0.4) is 0 Å². The van der Waals surface area contributed by atoms with E-state index in [2.05, 4.69) is 52.2 Å². The molecule has 1 saturated heterocycles. The summed E-state index contributed by atoms with van der Waals surface area (Å²) in [7, 11) is 0. The predicted octanol–water partition coefficient (Wildman–Crippen LogP) is 3.91. The molecule has 0 N–H and O–H groups in total. The minimum absolute atomic E-state index is 0.239. The molecule has 152 valence electrons. The fraction of sp³-hybridized carbons (Fsp3) is 0.391. The highest BCUT2D eigenvalue weighted by atomic mass is 19.1. The maximum atomic E-state index is 13.5. The molecular formula is C23H28FN5. The quantitative estimate of drug-likeness (QED) is 0.636. The molecule has 1 fully saturated rings. The van der Waals surface area contributed by atoms with Crippen molar-refractivity contribution in [3.8, 4) is 11.3 Å². The summed E-state index contributed by atoms with van der Waals surface area (Å²) in [4.78, 5) is 5.01. The van der Waals surface area contributed by atoms with Crippen LogP contribution in [0.25, 0.3) is 11.3 Å². The summed E-state index contributed by atoms with van der Waals surface area (Å²) in [6, 6.07) is 13.3. The van der Waals surface area contributed by atoms with Crippen LogP contribution >= 0.6 is 0 Å². The summed E-state index contributed by atoms with van der Waals surface area (Å²) >= 11 is 0.